The van der Waals surface area contributed by atoms with Crippen molar-refractivity contribution in [2.24, 2.45) is 11.7 Å². The third-order valence-electron chi connectivity index (χ3n) is 6.97. The molecule has 0 amide bonds. The lowest BCUT2D eigenvalue weighted by atomic mass is 9.96. The van der Waals surface area contributed by atoms with E-state index in [1.54, 1.807) is 42.5 Å². The minimum atomic E-state index is -4.77. The molecule has 0 spiro atoms. The Balaban J connectivity index is 1.49. The van der Waals surface area contributed by atoms with Crippen LogP contribution in [0.25, 0.3) is 5.69 Å². The van der Waals surface area contributed by atoms with Crippen LogP contribution in [0.5, 0.6) is 0 Å². The first-order valence-corrected chi connectivity index (χ1v) is 13.1. The molecule has 1 heterocycles. The molecule has 0 bridgehead atoms. The summed E-state index contributed by atoms with van der Waals surface area (Å²) in [7, 11) is 0. The third kappa shape index (κ3) is 6.57. The highest BCUT2D eigenvalue weighted by molar-refractivity contribution is 5.51. The molecule has 41 heavy (non-hydrogen) atoms. The molecule has 0 radical (unpaired) electrons. The molecule has 1 aliphatic carbocycles. The van der Waals surface area contributed by atoms with Crippen molar-refractivity contribution in [3.8, 4) is 11.8 Å². The topological polar surface area (TPSA) is 112 Å². The maximum absolute atomic E-state index is 15.0. The Morgan fingerprint density at radius 3 is 2.51 bits per heavy atom. The Morgan fingerprint density at radius 1 is 1.05 bits per heavy atom. The summed E-state index contributed by atoms with van der Waals surface area (Å²) >= 11 is 0. The van der Waals surface area contributed by atoms with Crippen LogP contribution in [0.1, 0.15) is 58.8 Å². The molecular formula is C30H28F4N6O. The van der Waals surface area contributed by atoms with Gasteiger partial charge >= 0.3 is 6.18 Å². The third-order valence-corrected chi connectivity index (χ3v) is 6.97. The van der Waals surface area contributed by atoms with E-state index in [2.05, 4.69) is 21.8 Å². The highest BCUT2D eigenvalue weighted by Gasteiger charge is 2.36. The van der Waals surface area contributed by atoms with Crippen molar-refractivity contribution in [3.63, 3.8) is 0 Å². The molecule has 3 aromatic carbocycles. The van der Waals surface area contributed by atoms with E-state index in [9.17, 15) is 23.5 Å². The van der Waals surface area contributed by atoms with Crippen LogP contribution >= 0.6 is 0 Å². The summed E-state index contributed by atoms with van der Waals surface area (Å²) in [5.74, 6) is -0.163. The molecule has 2 unspecified atom stereocenters. The number of rotatable bonds is 10. The zero-order valence-corrected chi connectivity index (χ0v) is 21.9. The van der Waals surface area contributed by atoms with Crippen molar-refractivity contribution in [2.45, 2.75) is 37.8 Å². The van der Waals surface area contributed by atoms with Gasteiger partial charge in [-0.15, -0.1) is 0 Å². The number of nitrogens with zero attached hydrogens (tertiary/aromatic N) is 3. The second-order valence-corrected chi connectivity index (χ2v) is 10.0. The van der Waals surface area contributed by atoms with Gasteiger partial charge in [-0.25, -0.2) is 9.07 Å². The zero-order valence-electron chi connectivity index (χ0n) is 21.9. The lowest BCUT2D eigenvalue weighted by Crippen LogP contribution is -2.25. The predicted molar refractivity (Wildman–Crippen MR) is 145 cm³/mol. The molecule has 11 heteroatoms. The van der Waals surface area contributed by atoms with Crippen LogP contribution in [-0.2, 0) is 12.7 Å². The molecule has 1 fully saturated rings. The average Bonchev–Trinajstić information content (AvgIpc) is 3.68. The van der Waals surface area contributed by atoms with Crippen LogP contribution in [0.3, 0.4) is 0 Å². The van der Waals surface area contributed by atoms with Gasteiger partial charge in [-0.3, -0.25) is 0 Å². The Hall–Kier alpha value is -4.24. The van der Waals surface area contributed by atoms with E-state index in [0.717, 1.165) is 35.7 Å². The monoisotopic (exact) mass is 564 g/mol. The number of aromatic nitrogens is 2. The Bertz CT molecular complexity index is 1570. The number of nitriles is 1. The Kier molecular flexibility index (Phi) is 8.08. The van der Waals surface area contributed by atoms with Gasteiger partial charge in [0, 0.05) is 6.54 Å². The quantitative estimate of drug-likeness (QED) is 0.148. The molecule has 0 saturated heterocycles. The summed E-state index contributed by atoms with van der Waals surface area (Å²) in [6, 6.07) is 20.3. The number of anilines is 1. The first-order chi connectivity index (χ1) is 19.7. The number of benzene rings is 3. The summed E-state index contributed by atoms with van der Waals surface area (Å²) in [4.78, 5) is 0. The first-order valence-electron chi connectivity index (χ1n) is 13.1. The van der Waals surface area contributed by atoms with Crippen LogP contribution in [0.2, 0.25) is 0 Å². The fraction of sp³-hybridized carbons (Fsp3) is 0.267. The highest BCUT2D eigenvalue weighted by Crippen LogP contribution is 2.34. The lowest BCUT2D eigenvalue weighted by molar-refractivity contribution is -0.141. The summed E-state index contributed by atoms with van der Waals surface area (Å²) < 4.78 is 56.8. The van der Waals surface area contributed by atoms with E-state index in [1.807, 2.05) is 6.07 Å². The number of nitrogens with two attached hydrogens (primary N) is 1. The SMILES string of the molecule is N#Cc1cccc(C(NCC2CC2)c2ccc(F)c(NC(O)c3cc(C(F)(F)F)nn3-c3cccc(CN)c3)c2)c1. The van der Waals surface area contributed by atoms with Gasteiger partial charge in [-0.2, -0.15) is 23.5 Å². The summed E-state index contributed by atoms with van der Waals surface area (Å²) in [5.41, 5.74) is 6.98. The van der Waals surface area contributed by atoms with E-state index in [1.165, 1.54) is 18.2 Å². The van der Waals surface area contributed by atoms with Crippen molar-refractivity contribution < 1.29 is 22.7 Å². The summed E-state index contributed by atoms with van der Waals surface area (Å²) in [5, 5.41) is 30.2. The standard InChI is InChI=1S/C30H28F4N6O/c31-24-10-9-22(28(37-17-18-7-8-18)21-5-1-3-19(11-21)15-35)13-25(24)38-29(41)26-14-27(30(32,33)34)39-40(26)23-6-2-4-20(12-23)16-36/h1-6,9-14,18,28-29,37-38,41H,7-8,16-17,36H2. The van der Waals surface area contributed by atoms with Gasteiger partial charge in [0.15, 0.2) is 11.9 Å². The molecule has 0 aliphatic heterocycles. The fourth-order valence-corrected chi connectivity index (χ4v) is 4.63. The van der Waals surface area contributed by atoms with Crippen molar-refractivity contribution >= 4 is 5.69 Å². The lowest BCUT2D eigenvalue weighted by Gasteiger charge is -2.22. The van der Waals surface area contributed by atoms with Gasteiger partial charge < -0.3 is 21.5 Å². The number of nitrogens with one attached hydrogen (secondary N) is 2. The fourth-order valence-electron chi connectivity index (χ4n) is 4.63. The minimum Gasteiger partial charge on any atom is -0.368 e. The minimum absolute atomic E-state index is 0.110. The molecule has 2 atom stereocenters. The summed E-state index contributed by atoms with van der Waals surface area (Å²) in [6.45, 7) is 0.883. The smallest absolute Gasteiger partial charge is 0.368 e. The van der Waals surface area contributed by atoms with Crippen LogP contribution < -0.4 is 16.4 Å². The van der Waals surface area contributed by atoms with Gasteiger partial charge in [0.1, 0.15) is 5.82 Å². The number of alkyl halides is 3. The van der Waals surface area contributed by atoms with Crippen LogP contribution in [0, 0.1) is 23.1 Å². The average molecular weight is 565 g/mol. The number of hydrogen-bond acceptors (Lipinski definition) is 6. The number of hydrogen-bond donors (Lipinski definition) is 4. The largest absolute Gasteiger partial charge is 0.435 e. The molecule has 1 saturated carbocycles. The number of aliphatic hydroxyl groups excluding tert-OH is 1. The first kappa shape index (κ1) is 28.3. The van der Waals surface area contributed by atoms with Gasteiger partial charge in [0.2, 0.25) is 0 Å². The van der Waals surface area contributed by atoms with Crippen LogP contribution in [0.4, 0.5) is 23.2 Å². The normalized spacial score (nSPS) is 14.9. The molecule has 1 aromatic heterocycles. The number of aliphatic hydroxyl groups is 1. The second-order valence-electron chi connectivity index (χ2n) is 10.0. The maximum Gasteiger partial charge on any atom is 0.435 e. The molecule has 5 rings (SSSR count). The Labute approximate surface area is 234 Å². The second kappa shape index (κ2) is 11.7. The molecule has 1 aliphatic rings. The van der Waals surface area contributed by atoms with Crippen molar-refractivity contribution in [3.05, 3.63) is 112 Å². The molecular weight excluding hydrogens is 536 g/mol. The van der Waals surface area contributed by atoms with E-state index in [4.69, 9.17) is 5.73 Å². The van der Waals surface area contributed by atoms with Crippen LogP contribution in [0.15, 0.2) is 72.8 Å². The molecule has 4 aromatic rings. The van der Waals surface area contributed by atoms with E-state index >= 15 is 4.39 Å². The summed E-state index contributed by atoms with van der Waals surface area (Å²) in [6.07, 6.45) is -4.29. The molecule has 7 nitrogen and oxygen atoms in total. The van der Waals surface area contributed by atoms with Crippen molar-refractivity contribution in [1.82, 2.24) is 15.1 Å². The van der Waals surface area contributed by atoms with E-state index in [0.29, 0.717) is 22.6 Å². The predicted octanol–water partition coefficient (Wildman–Crippen LogP) is 5.55. The van der Waals surface area contributed by atoms with Gasteiger partial charge in [0.05, 0.1) is 34.7 Å². The van der Waals surface area contributed by atoms with Crippen molar-refractivity contribution in [1.29, 1.82) is 5.26 Å². The van der Waals surface area contributed by atoms with E-state index in [-0.39, 0.29) is 29.7 Å². The number of halogens is 4. The van der Waals surface area contributed by atoms with Gasteiger partial charge in [0.25, 0.3) is 0 Å². The highest BCUT2D eigenvalue weighted by atomic mass is 19.4. The zero-order chi connectivity index (χ0) is 29.1. The maximum atomic E-state index is 15.0. The van der Waals surface area contributed by atoms with E-state index < -0.39 is 23.9 Å². The van der Waals surface area contributed by atoms with Crippen LogP contribution in [-0.4, -0.2) is 21.4 Å². The van der Waals surface area contributed by atoms with Gasteiger partial charge in [-0.05, 0) is 84.5 Å². The molecule has 5 N–H and O–H groups in total. The molecule has 212 valence electrons. The van der Waals surface area contributed by atoms with Gasteiger partial charge in [-0.1, -0.05) is 30.3 Å². The van der Waals surface area contributed by atoms with Crippen molar-refractivity contribution in [2.75, 3.05) is 11.9 Å². The Morgan fingerprint density at radius 2 is 1.80 bits per heavy atom.